The number of esters is 1. The van der Waals surface area contributed by atoms with Crippen LogP contribution in [-0.4, -0.2) is 41.1 Å². The molecular formula is C25H19Cl2F3N2O5. The number of carbonyl (C=O) groups excluding carboxylic acids is 4. The zero-order chi connectivity index (χ0) is 26.6. The number of nitrogens with one attached hydrogen (secondary N) is 1. The molecule has 2 aliphatic carbocycles. The van der Waals surface area contributed by atoms with E-state index in [0.29, 0.717) is 12.1 Å². The molecule has 12 heteroatoms. The maximum absolute atomic E-state index is 13.1. The van der Waals surface area contributed by atoms with Gasteiger partial charge >= 0.3 is 12.1 Å². The zero-order valence-electron chi connectivity index (χ0n) is 18.9. The summed E-state index contributed by atoms with van der Waals surface area (Å²) in [6, 6.07) is 9.59. The molecule has 1 aliphatic heterocycles. The molecule has 194 valence electrons. The van der Waals surface area contributed by atoms with Crippen molar-refractivity contribution in [1.82, 2.24) is 0 Å². The second-order valence-corrected chi connectivity index (χ2v) is 10.3. The average Bonchev–Trinajstić information content (AvgIpc) is 3.47. The Labute approximate surface area is 218 Å². The van der Waals surface area contributed by atoms with E-state index in [0.717, 1.165) is 23.1 Å². The lowest BCUT2D eigenvalue weighted by Gasteiger charge is -2.28. The molecule has 1 saturated heterocycles. The van der Waals surface area contributed by atoms with E-state index in [-0.39, 0.29) is 45.7 Å². The fraction of sp³-hybridized carbons (Fsp3) is 0.360. The standard InChI is InChI=1S/C25H19Cl2F3N2O5/c26-20-15-9-16(21(20)27)19-18(15)22(34)32(23(19)35)14-6-4-11(5-7-14)24(36)37-10-17(33)31-13-3-1-2-12(8-13)25(28,29)30/h1-8,15-16,18-21H,9-10H2,(H,31,33)/t15-,16-,18-,19+,20+,21+/m1/s1. The second-order valence-electron chi connectivity index (χ2n) is 9.27. The van der Waals surface area contributed by atoms with Crippen LogP contribution in [0, 0.1) is 23.7 Å². The molecule has 37 heavy (non-hydrogen) atoms. The summed E-state index contributed by atoms with van der Waals surface area (Å²) >= 11 is 12.7. The summed E-state index contributed by atoms with van der Waals surface area (Å²) in [7, 11) is 0. The van der Waals surface area contributed by atoms with Crippen LogP contribution >= 0.6 is 23.2 Å². The van der Waals surface area contributed by atoms with Crippen molar-refractivity contribution in [3.05, 3.63) is 59.7 Å². The van der Waals surface area contributed by atoms with Gasteiger partial charge in [0.1, 0.15) is 0 Å². The predicted octanol–water partition coefficient (Wildman–Crippen LogP) is 4.47. The van der Waals surface area contributed by atoms with Crippen LogP contribution in [0.2, 0.25) is 0 Å². The van der Waals surface area contributed by atoms with Crippen LogP contribution in [0.1, 0.15) is 22.3 Å². The molecule has 3 fully saturated rings. The fourth-order valence-electron chi connectivity index (χ4n) is 5.53. The van der Waals surface area contributed by atoms with E-state index in [4.69, 9.17) is 27.9 Å². The number of rotatable bonds is 5. The van der Waals surface area contributed by atoms with Crippen LogP contribution in [0.3, 0.4) is 0 Å². The lowest BCUT2D eigenvalue weighted by molar-refractivity contribution is -0.137. The molecule has 2 saturated carbocycles. The minimum atomic E-state index is -4.57. The summed E-state index contributed by atoms with van der Waals surface area (Å²) in [5.74, 6) is -3.68. The van der Waals surface area contributed by atoms with Crippen molar-refractivity contribution in [2.75, 3.05) is 16.8 Å². The summed E-state index contributed by atoms with van der Waals surface area (Å²) in [6.07, 6.45) is -3.92. The molecule has 1 heterocycles. The van der Waals surface area contributed by atoms with Crippen LogP contribution in [0.15, 0.2) is 48.5 Å². The van der Waals surface area contributed by atoms with Crippen LogP contribution in [0.4, 0.5) is 24.5 Å². The predicted molar refractivity (Wildman–Crippen MR) is 127 cm³/mol. The van der Waals surface area contributed by atoms with Gasteiger partial charge in [-0.1, -0.05) is 6.07 Å². The number of anilines is 2. The Kier molecular flexibility index (Phi) is 6.44. The normalized spacial score (nSPS) is 28.4. The van der Waals surface area contributed by atoms with Gasteiger partial charge in [-0.05, 0) is 60.7 Å². The molecule has 0 spiro atoms. The minimum absolute atomic E-state index is 0.0524. The van der Waals surface area contributed by atoms with Gasteiger partial charge in [0.2, 0.25) is 11.8 Å². The number of imide groups is 1. The molecule has 1 N–H and O–H groups in total. The highest BCUT2D eigenvalue weighted by molar-refractivity contribution is 6.32. The number of hydrogen-bond donors (Lipinski definition) is 1. The van der Waals surface area contributed by atoms with Crippen LogP contribution in [0.5, 0.6) is 0 Å². The molecule has 2 aromatic carbocycles. The molecular weight excluding hydrogens is 536 g/mol. The first kappa shape index (κ1) is 25.5. The summed E-state index contributed by atoms with van der Waals surface area (Å²) < 4.78 is 43.4. The van der Waals surface area contributed by atoms with Crippen molar-refractivity contribution in [1.29, 1.82) is 0 Å². The molecule has 2 aromatic rings. The van der Waals surface area contributed by atoms with Crippen molar-refractivity contribution in [3.8, 4) is 0 Å². The highest BCUT2D eigenvalue weighted by Crippen LogP contribution is 2.59. The zero-order valence-corrected chi connectivity index (χ0v) is 20.4. The fourth-order valence-corrected chi connectivity index (χ4v) is 6.43. The van der Waals surface area contributed by atoms with Gasteiger partial charge in [0.15, 0.2) is 6.61 Å². The van der Waals surface area contributed by atoms with E-state index in [1.54, 1.807) is 0 Å². The Morgan fingerprint density at radius 2 is 1.57 bits per heavy atom. The molecule has 3 amide bonds. The van der Waals surface area contributed by atoms with E-state index < -0.39 is 42.1 Å². The second kappa shape index (κ2) is 9.33. The van der Waals surface area contributed by atoms with Crippen molar-refractivity contribution in [2.45, 2.75) is 23.4 Å². The Bertz CT molecular complexity index is 1250. The third-order valence-electron chi connectivity index (χ3n) is 7.16. The Balaban J connectivity index is 1.20. The number of halogens is 5. The molecule has 5 rings (SSSR count). The Hall–Kier alpha value is -3.11. The van der Waals surface area contributed by atoms with E-state index in [9.17, 15) is 32.3 Å². The van der Waals surface area contributed by atoms with Crippen LogP contribution in [0.25, 0.3) is 0 Å². The monoisotopic (exact) mass is 554 g/mol. The van der Waals surface area contributed by atoms with E-state index in [2.05, 4.69) is 5.32 Å². The van der Waals surface area contributed by atoms with Gasteiger partial charge in [0, 0.05) is 5.69 Å². The first-order chi connectivity index (χ1) is 17.5. The summed E-state index contributed by atoms with van der Waals surface area (Å²) in [6.45, 7) is -0.731. The first-order valence-electron chi connectivity index (χ1n) is 11.4. The van der Waals surface area contributed by atoms with Crippen LogP contribution < -0.4 is 10.2 Å². The quantitative estimate of drug-likeness (QED) is 0.334. The number of hydrogen-bond acceptors (Lipinski definition) is 5. The van der Waals surface area contributed by atoms with Crippen molar-refractivity contribution < 1.29 is 37.1 Å². The SMILES string of the molecule is O=C(COC(=O)c1ccc(N2C(=O)[C@@H]3[C@H]4C[C@@H]([C@H](Cl)[C@H]4Cl)[C@@H]3C2=O)cc1)Nc1cccc(C(F)(F)F)c1. The number of benzene rings is 2. The van der Waals surface area contributed by atoms with Gasteiger partial charge in [-0.25, -0.2) is 4.79 Å². The van der Waals surface area contributed by atoms with Crippen molar-refractivity contribution >= 4 is 58.3 Å². The third kappa shape index (κ3) is 4.46. The molecule has 6 atom stereocenters. The summed E-state index contributed by atoms with van der Waals surface area (Å²) in [5.41, 5.74) is -0.686. The van der Waals surface area contributed by atoms with E-state index in [1.165, 1.54) is 30.3 Å². The molecule has 3 aliphatic rings. The molecule has 0 aromatic heterocycles. The minimum Gasteiger partial charge on any atom is -0.452 e. The van der Waals surface area contributed by atoms with E-state index >= 15 is 0 Å². The van der Waals surface area contributed by atoms with Gasteiger partial charge in [-0.3, -0.25) is 19.3 Å². The number of alkyl halides is 5. The van der Waals surface area contributed by atoms with Crippen molar-refractivity contribution in [3.63, 3.8) is 0 Å². The molecule has 7 nitrogen and oxygen atoms in total. The lowest BCUT2D eigenvalue weighted by atomic mass is 9.80. The first-order valence-corrected chi connectivity index (χ1v) is 12.2. The number of fused-ring (bicyclic) bond motifs is 5. The summed E-state index contributed by atoms with van der Waals surface area (Å²) in [5, 5.41) is 1.50. The number of amides is 3. The number of nitrogens with zero attached hydrogens (tertiary/aromatic N) is 1. The average molecular weight is 555 g/mol. The lowest BCUT2D eigenvalue weighted by Crippen LogP contribution is -2.37. The third-order valence-corrected chi connectivity index (χ3v) is 8.48. The Morgan fingerprint density at radius 1 is 0.973 bits per heavy atom. The highest BCUT2D eigenvalue weighted by Gasteiger charge is 2.66. The van der Waals surface area contributed by atoms with Gasteiger partial charge in [0.25, 0.3) is 5.91 Å². The maximum Gasteiger partial charge on any atom is 0.416 e. The number of carbonyl (C=O) groups is 4. The molecule has 2 bridgehead atoms. The largest absolute Gasteiger partial charge is 0.452 e. The summed E-state index contributed by atoms with van der Waals surface area (Å²) in [4.78, 5) is 51.6. The molecule has 0 unspecified atom stereocenters. The van der Waals surface area contributed by atoms with Gasteiger partial charge < -0.3 is 10.1 Å². The van der Waals surface area contributed by atoms with Crippen LogP contribution in [-0.2, 0) is 25.3 Å². The number of ether oxygens (including phenoxy) is 1. The Morgan fingerprint density at radius 3 is 2.14 bits per heavy atom. The smallest absolute Gasteiger partial charge is 0.416 e. The maximum atomic E-state index is 13.1. The van der Waals surface area contributed by atoms with Crippen molar-refractivity contribution in [2.24, 2.45) is 23.7 Å². The topological polar surface area (TPSA) is 92.8 Å². The van der Waals surface area contributed by atoms with Gasteiger partial charge in [0.05, 0.1) is 39.4 Å². The van der Waals surface area contributed by atoms with Gasteiger partial charge in [-0.15, -0.1) is 23.2 Å². The van der Waals surface area contributed by atoms with E-state index in [1.807, 2.05) is 0 Å². The van der Waals surface area contributed by atoms with Gasteiger partial charge in [-0.2, -0.15) is 13.2 Å². The molecule has 0 radical (unpaired) electrons. The highest BCUT2D eigenvalue weighted by atomic mass is 35.5.